The van der Waals surface area contributed by atoms with Gasteiger partial charge in [0, 0.05) is 6.54 Å². The minimum absolute atomic E-state index is 0.254. The van der Waals surface area contributed by atoms with Crippen molar-refractivity contribution in [2.75, 3.05) is 11.4 Å². The van der Waals surface area contributed by atoms with E-state index in [2.05, 4.69) is 11.8 Å². The molecule has 4 aromatic carbocycles. The molecule has 0 radical (unpaired) electrons. The maximum absolute atomic E-state index is 13.8. The molecule has 152 valence electrons. The van der Waals surface area contributed by atoms with Gasteiger partial charge in [-0.2, -0.15) is 0 Å². The molecule has 5 rings (SSSR count). The van der Waals surface area contributed by atoms with Crippen LogP contribution in [0.2, 0.25) is 0 Å². The molecule has 0 amide bonds. The highest BCUT2D eigenvalue weighted by molar-refractivity contribution is 5.96. The quantitative estimate of drug-likeness (QED) is 0.312. The number of ether oxygens (including phenoxy) is 1. The summed E-state index contributed by atoms with van der Waals surface area (Å²) in [6.07, 6.45) is 4.54. The molecule has 0 saturated carbocycles. The zero-order chi connectivity index (χ0) is 20.7. The standard InChI is InChI=1S/C26H23F2NO/c1-2-3-4-5-10-29-23-13-19-11-21(27)8-6-17(19)15-25(23)30-26-16-18-7-9-22(28)12-20(18)14-24(26)29/h6-9,11-16H,2-5,10H2,1H3. The van der Waals surface area contributed by atoms with Gasteiger partial charge in [-0.3, -0.25) is 0 Å². The molecule has 0 spiro atoms. The van der Waals surface area contributed by atoms with Gasteiger partial charge in [0.25, 0.3) is 0 Å². The maximum Gasteiger partial charge on any atom is 0.151 e. The number of halogens is 2. The summed E-state index contributed by atoms with van der Waals surface area (Å²) in [5, 5.41) is 3.55. The van der Waals surface area contributed by atoms with E-state index in [4.69, 9.17) is 4.74 Å². The Morgan fingerprint density at radius 1 is 0.667 bits per heavy atom. The van der Waals surface area contributed by atoms with Crippen molar-refractivity contribution in [1.82, 2.24) is 0 Å². The van der Waals surface area contributed by atoms with Crippen LogP contribution in [0, 0.1) is 11.6 Å². The third-order valence-electron chi connectivity index (χ3n) is 5.80. The van der Waals surface area contributed by atoms with Gasteiger partial charge in [0.2, 0.25) is 0 Å². The number of hydrogen-bond donors (Lipinski definition) is 0. The first-order valence-corrected chi connectivity index (χ1v) is 10.5. The SMILES string of the molecule is CCCCCCN1c2cc3cc(F)ccc3cc2Oc2cc3ccc(F)cc3cc21. The van der Waals surface area contributed by atoms with E-state index in [0.717, 1.165) is 63.8 Å². The molecule has 0 aliphatic carbocycles. The number of benzene rings is 4. The molecule has 0 N–H and O–H groups in total. The Morgan fingerprint density at radius 3 is 1.77 bits per heavy atom. The van der Waals surface area contributed by atoms with E-state index in [1.807, 2.05) is 24.3 Å². The van der Waals surface area contributed by atoms with Crippen LogP contribution < -0.4 is 9.64 Å². The van der Waals surface area contributed by atoms with Crippen LogP contribution >= 0.6 is 0 Å². The summed E-state index contributed by atoms with van der Waals surface area (Å²) in [4.78, 5) is 2.23. The minimum Gasteiger partial charge on any atom is -0.453 e. The van der Waals surface area contributed by atoms with E-state index < -0.39 is 0 Å². The van der Waals surface area contributed by atoms with E-state index in [9.17, 15) is 8.78 Å². The molecule has 0 saturated heterocycles. The third-order valence-corrected chi connectivity index (χ3v) is 5.80. The van der Waals surface area contributed by atoms with Gasteiger partial charge >= 0.3 is 0 Å². The molecule has 0 bridgehead atoms. The molecular weight excluding hydrogens is 380 g/mol. The van der Waals surface area contributed by atoms with Crippen LogP contribution in [0.3, 0.4) is 0 Å². The second-order valence-corrected chi connectivity index (χ2v) is 7.94. The molecule has 1 aliphatic rings. The summed E-state index contributed by atoms with van der Waals surface area (Å²) < 4.78 is 33.9. The largest absolute Gasteiger partial charge is 0.453 e. The highest BCUT2D eigenvalue weighted by Gasteiger charge is 2.25. The molecule has 4 aromatic rings. The Bertz CT molecular complexity index is 1160. The van der Waals surface area contributed by atoms with Gasteiger partial charge < -0.3 is 9.64 Å². The lowest BCUT2D eigenvalue weighted by Crippen LogP contribution is -2.22. The molecule has 1 aliphatic heterocycles. The number of nitrogens with zero attached hydrogens (tertiary/aromatic N) is 1. The molecule has 0 unspecified atom stereocenters. The van der Waals surface area contributed by atoms with Gasteiger partial charge in [0.1, 0.15) is 11.6 Å². The fourth-order valence-electron chi connectivity index (χ4n) is 4.24. The zero-order valence-corrected chi connectivity index (χ0v) is 16.9. The topological polar surface area (TPSA) is 12.5 Å². The number of fused-ring (bicyclic) bond motifs is 4. The van der Waals surface area contributed by atoms with Crippen molar-refractivity contribution < 1.29 is 13.5 Å². The Morgan fingerprint density at radius 2 is 1.23 bits per heavy atom. The van der Waals surface area contributed by atoms with Crippen molar-refractivity contribution in [3.05, 3.63) is 72.3 Å². The molecule has 2 nitrogen and oxygen atoms in total. The van der Waals surface area contributed by atoms with Gasteiger partial charge in [-0.25, -0.2) is 8.78 Å². The van der Waals surface area contributed by atoms with Crippen LogP contribution in [0.4, 0.5) is 20.2 Å². The van der Waals surface area contributed by atoms with Crippen LogP contribution in [-0.4, -0.2) is 6.54 Å². The summed E-state index contributed by atoms with van der Waals surface area (Å²) in [6.45, 7) is 3.02. The van der Waals surface area contributed by atoms with Gasteiger partial charge in [-0.15, -0.1) is 0 Å². The Kier molecular flexibility index (Phi) is 4.78. The second-order valence-electron chi connectivity index (χ2n) is 7.94. The Labute approximate surface area is 174 Å². The van der Waals surface area contributed by atoms with Crippen molar-refractivity contribution in [1.29, 1.82) is 0 Å². The average Bonchev–Trinajstić information content (AvgIpc) is 2.73. The molecule has 0 aromatic heterocycles. The fraction of sp³-hybridized carbons (Fsp3) is 0.231. The van der Waals surface area contributed by atoms with E-state index in [1.54, 1.807) is 24.3 Å². The smallest absolute Gasteiger partial charge is 0.151 e. The first kappa shape index (κ1) is 18.9. The van der Waals surface area contributed by atoms with Gasteiger partial charge in [0.05, 0.1) is 11.4 Å². The number of unbranched alkanes of at least 4 members (excludes halogenated alkanes) is 3. The van der Waals surface area contributed by atoms with Crippen LogP contribution in [0.25, 0.3) is 21.5 Å². The molecule has 1 heterocycles. The van der Waals surface area contributed by atoms with Crippen molar-refractivity contribution in [3.63, 3.8) is 0 Å². The Balaban J connectivity index is 1.65. The van der Waals surface area contributed by atoms with E-state index in [0.29, 0.717) is 0 Å². The van der Waals surface area contributed by atoms with Gasteiger partial charge in [-0.05, 0) is 76.5 Å². The molecule has 30 heavy (non-hydrogen) atoms. The minimum atomic E-state index is -0.254. The lowest BCUT2D eigenvalue weighted by Gasteiger charge is -2.33. The van der Waals surface area contributed by atoms with E-state index in [-0.39, 0.29) is 11.6 Å². The third kappa shape index (κ3) is 3.36. The number of rotatable bonds is 5. The summed E-state index contributed by atoms with van der Waals surface area (Å²) >= 11 is 0. The monoisotopic (exact) mass is 403 g/mol. The Hall–Kier alpha value is -3.14. The molecular formula is C26H23F2NO. The summed E-state index contributed by atoms with van der Waals surface area (Å²) in [5.41, 5.74) is 1.85. The van der Waals surface area contributed by atoms with Crippen LogP contribution in [0.15, 0.2) is 60.7 Å². The van der Waals surface area contributed by atoms with Crippen molar-refractivity contribution in [3.8, 4) is 11.5 Å². The molecule has 0 fully saturated rings. The van der Waals surface area contributed by atoms with Crippen molar-refractivity contribution in [2.24, 2.45) is 0 Å². The fourth-order valence-corrected chi connectivity index (χ4v) is 4.24. The summed E-state index contributed by atoms with van der Waals surface area (Å²) in [6, 6.07) is 17.5. The van der Waals surface area contributed by atoms with Crippen LogP contribution in [0.5, 0.6) is 11.5 Å². The second kappa shape index (κ2) is 7.60. The average molecular weight is 403 g/mol. The number of anilines is 2. The molecule has 0 atom stereocenters. The van der Waals surface area contributed by atoms with Gasteiger partial charge in [0.15, 0.2) is 11.5 Å². The van der Waals surface area contributed by atoms with Crippen molar-refractivity contribution >= 4 is 32.9 Å². The predicted molar refractivity (Wildman–Crippen MR) is 119 cm³/mol. The zero-order valence-electron chi connectivity index (χ0n) is 16.9. The molecule has 4 heteroatoms. The van der Waals surface area contributed by atoms with E-state index >= 15 is 0 Å². The van der Waals surface area contributed by atoms with Gasteiger partial charge in [-0.1, -0.05) is 38.3 Å². The highest BCUT2D eigenvalue weighted by Crippen LogP contribution is 2.49. The van der Waals surface area contributed by atoms with Crippen molar-refractivity contribution in [2.45, 2.75) is 32.6 Å². The maximum atomic E-state index is 13.8. The first-order valence-electron chi connectivity index (χ1n) is 10.5. The highest BCUT2D eigenvalue weighted by atomic mass is 19.1. The summed E-state index contributed by atoms with van der Waals surface area (Å²) in [7, 11) is 0. The van der Waals surface area contributed by atoms with Crippen LogP contribution in [-0.2, 0) is 0 Å². The lowest BCUT2D eigenvalue weighted by atomic mass is 10.0. The van der Waals surface area contributed by atoms with Crippen LogP contribution in [0.1, 0.15) is 32.6 Å². The normalized spacial score (nSPS) is 12.7. The lowest BCUT2D eigenvalue weighted by molar-refractivity contribution is 0.473. The first-order chi connectivity index (χ1) is 14.6. The predicted octanol–water partition coefficient (Wildman–Crippen LogP) is 8.10. The van der Waals surface area contributed by atoms with E-state index in [1.165, 1.54) is 25.0 Å². The summed E-state index contributed by atoms with van der Waals surface area (Å²) in [5.74, 6) is 1.02. The number of hydrogen-bond acceptors (Lipinski definition) is 2.